The Balaban J connectivity index is 1.85. The number of hydrogen-bond donors (Lipinski definition) is 1. The zero-order chi connectivity index (χ0) is 14.7. The van der Waals surface area contributed by atoms with Crippen LogP contribution in [0.3, 0.4) is 0 Å². The van der Waals surface area contributed by atoms with E-state index in [-0.39, 0.29) is 0 Å². The van der Waals surface area contributed by atoms with Crippen molar-refractivity contribution in [3.63, 3.8) is 0 Å². The SMILES string of the molecule is CC(C)CN(CC1CCCN1)c1ncc2ccccc2n1. The first-order chi connectivity index (χ1) is 10.2. The monoisotopic (exact) mass is 284 g/mol. The Morgan fingerprint density at radius 2 is 2.19 bits per heavy atom. The number of aromatic nitrogens is 2. The quantitative estimate of drug-likeness (QED) is 0.916. The second kappa shape index (κ2) is 6.39. The Morgan fingerprint density at radius 3 is 2.95 bits per heavy atom. The third-order valence-corrected chi connectivity index (χ3v) is 3.95. The molecule has 1 aromatic carbocycles. The van der Waals surface area contributed by atoms with Crippen LogP contribution in [0.1, 0.15) is 26.7 Å². The number of nitrogens with zero attached hydrogens (tertiary/aromatic N) is 3. The maximum absolute atomic E-state index is 4.76. The zero-order valence-corrected chi connectivity index (χ0v) is 12.9. The minimum atomic E-state index is 0.568. The van der Waals surface area contributed by atoms with E-state index in [1.54, 1.807) is 0 Å². The summed E-state index contributed by atoms with van der Waals surface area (Å²) in [5.74, 6) is 1.46. The predicted molar refractivity (Wildman–Crippen MR) is 87.6 cm³/mol. The van der Waals surface area contributed by atoms with Crippen molar-refractivity contribution in [3.05, 3.63) is 30.5 Å². The molecular weight excluding hydrogens is 260 g/mol. The molecule has 1 atom stereocenters. The van der Waals surface area contributed by atoms with E-state index in [2.05, 4.69) is 41.2 Å². The largest absolute Gasteiger partial charge is 0.339 e. The highest BCUT2D eigenvalue weighted by molar-refractivity contribution is 5.78. The molecule has 1 N–H and O–H groups in total. The molecule has 2 aromatic rings. The normalized spacial score (nSPS) is 18.5. The van der Waals surface area contributed by atoms with Crippen LogP contribution in [0.5, 0.6) is 0 Å². The lowest BCUT2D eigenvalue weighted by molar-refractivity contribution is 0.534. The van der Waals surface area contributed by atoms with Crippen molar-refractivity contribution in [2.24, 2.45) is 5.92 Å². The molecule has 2 heterocycles. The van der Waals surface area contributed by atoms with E-state index in [1.807, 2.05) is 18.3 Å². The molecule has 0 amide bonds. The van der Waals surface area contributed by atoms with Gasteiger partial charge in [0.25, 0.3) is 0 Å². The highest BCUT2D eigenvalue weighted by Crippen LogP contribution is 2.18. The molecule has 1 unspecified atom stereocenters. The maximum atomic E-state index is 4.76. The molecular formula is C17H24N4. The van der Waals surface area contributed by atoms with E-state index in [1.165, 1.54) is 12.8 Å². The summed E-state index contributed by atoms with van der Waals surface area (Å²) < 4.78 is 0. The second-order valence-corrected chi connectivity index (χ2v) is 6.32. The summed E-state index contributed by atoms with van der Waals surface area (Å²) in [4.78, 5) is 11.7. The first-order valence-electron chi connectivity index (χ1n) is 7.92. The number of benzene rings is 1. The Kier molecular flexibility index (Phi) is 4.34. The lowest BCUT2D eigenvalue weighted by Gasteiger charge is -2.27. The molecule has 3 rings (SSSR count). The molecule has 1 aliphatic heterocycles. The molecule has 1 aliphatic rings. The summed E-state index contributed by atoms with van der Waals surface area (Å²) in [7, 11) is 0. The zero-order valence-electron chi connectivity index (χ0n) is 12.9. The average molecular weight is 284 g/mol. The molecule has 1 aromatic heterocycles. The minimum absolute atomic E-state index is 0.568. The summed E-state index contributed by atoms with van der Waals surface area (Å²) in [6.45, 7) is 7.62. The summed E-state index contributed by atoms with van der Waals surface area (Å²) >= 11 is 0. The van der Waals surface area contributed by atoms with Crippen molar-refractivity contribution < 1.29 is 0 Å². The van der Waals surface area contributed by atoms with Crippen molar-refractivity contribution in [3.8, 4) is 0 Å². The first kappa shape index (κ1) is 14.3. The summed E-state index contributed by atoms with van der Waals surface area (Å²) in [6.07, 6.45) is 4.47. The Labute approximate surface area is 126 Å². The molecule has 0 radical (unpaired) electrons. The number of rotatable bonds is 5. The third kappa shape index (κ3) is 3.50. The van der Waals surface area contributed by atoms with E-state index in [0.29, 0.717) is 12.0 Å². The van der Waals surface area contributed by atoms with Crippen LogP contribution < -0.4 is 10.2 Å². The van der Waals surface area contributed by atoms with Gasteiger partial charge in [-0.2, -0.15) is 0 Å². The summed E-state index contributed by atoms with van der Waals surface area (Å²) in [5.41, 5.74) is 1.02. The number of hydrogen-bond acceptors (Lipinski definition) is 4. The summed E-state index contributed by atoms with van der Waals surface area (Å²) in [6, 6.07) is 8.75. The Morgan fingerprint density at radius 1 is 1.33 bits per heavy atom. The number of nitrogens with one attached hydrogen (secondary N) is 1. The van der Waals surface area contributed by atoms with Crippen molar-refractivity contribution in [1.82, 2.24) is 15.3 Å². The first-order valence-corrected chi connectivity index (χ1v) is 7.92. The fourth-order valence-corrected chi connectivity index (χ4v) is 2.97. The van der Waals surface area contributed by atoms with Gasteiger partial charge in [-0.25, -0.2) is 9.97 Å². The van der Waals surface area contributed by atoms with Gasteiger partial charge in [0.05, 0.1) is 5.52 Å². The number of fused-ring (bicyclic) bond motifs is 1. The highest BCUT2D eigenvalue weighted by Gasteiger charge is 2.20. The van der Waals surface area contributed by atoms with Crippen LogP contribution in [0.4, 0.5) is 5.95 Å². The van der Waals surface area contributed by atoms with Crippen LogP contribution in [0.25, 0.3) is 10.9 Å². The predicted octanol–water partition coefficient (Wildman–Crippen LogP) is 2.84. The summed E-state index contributed by atoms with van der Waals surface area (Å²) in [5, 5.41) is 4.67. The van der Waals surface area contributed by atoms with Gasteiger partial charge in [-0.05, 0) is 31.4 Å². The van der Waals surface area contributed by atoms with Gasteiger partial charge < -0.3 is 10.2 Å². The minimum Gasteiger partial charge on any atom is -0.339 e. The molecule has 0 saturated carbocycles. The molecule has 0 aliphatic carbocycles. The lowest BCUT2D eigenvalue weighted by Crippen LogP contribution is -2.40. The van der Waals surface area contributed by atoms with E-state index in [0.717, 1.165) is 36.5 Å². The van der Waals surface area contributed by atoms with Crippen molar-refractivity contribution in [2.45, 2.75) is 32.7 Å². The van der Waals surface area contributed by atoms with Gasteiger partial charge in [-0.15, -0.1) is 0 Å². The van der Waals surface area contributed by atoms with Crippen LogP contribution in [0.15, 0.2) is 30.5 Å². The Bertz CT molecular complexity index is 590. The van der Waals surface area contributed by atoms with Crippen LogP contribution >= 0.6 is 0 Å². The van der Waals surface area contributed by atoms with E-state index in [9.17, 15) is 0 Å². The number of para-hydroxylation sites is 1. The van der Waals surface area contributed by atoms with Crippen molar-refractivity contribution in [1.29, 1.82) is 0 Å². The lowest BCUT2D eigenvalue weighted by atomic mass is 10.1. The fourth-order valence-electron chi connectivity index (χ4n) is 2.97. The van der Waals surface area contributed by atoms with E-state index in [4.69, 9.17) is 4.98 Å². The maximum Gasteiger partial charge on any atom is 0.225 e. The molecule has 1 fully saturated rings. The highest BCUT2D eigenvalue weighted by atomic mass is 15.3. The molecule has 112 valence electrons. The van der Waals surface area contributed by atoms with Gasteiger partial charge in [0.15, 0.2) is 0 Å². The Hall–Kier alpha value is -1.68. The average Bonchev–Trinajstić information content (AvgIpc) is 2.98. The van der Waals surface area contributed by atoms with Gasteiger partial charge in [0.2, 0.25) is 5.95 Å². The number of anilines is 1. The van der Waals surface area contributed by atoms with Crippen LogP contribution in [-0.2, 0) is 0 Å². The third-order valence-electron chi connectivity index (χ3n) is 3.95. The second-order valence-electron chi connectivity index (χ2n) is 6.32. The molecule has 4 heteroatoms. The molecule has 1 saturated heterocycles. The van der Waals surface area contributed by atoms with Gasteiger partial charge >= 0.3 is 0 Å². The smallest absolute Gasteiger partial charge is 0.225 e. The van der Waals surface area contributed by atoms with Gasteiger partial charge in [-0.1, -0.05) is 32.0 Å². The van der Waals surface area contributed by atoms with Gasteiger partial charge in [0.1, 0.15) is 0 Å². The van der Waals surface area contributed by atoms with Crippen molar-refractivity contribution >= 4 is 16.9 Å². The molecule has 0 bridgehead atoms. The van der Waals surface area contributed by atoms with Crippen LogP contribution in [0, 0.1) is 5.92 Å². The fraction of sp³-hybridized carbons (Fsp3) is 0.529. The topological polar surface area (TPSA) is 41.0 Å². The molecule has 0 spiro atoms. The molecule has 4 nitrogen and oxygen atoms in total. The van der Waals surface area contributed by atoms with E-state index >= 15 is 0 Å². The van der Waals surface area contributed by atoms with Crippen LogP contribution in [-0.4, -0.2) is 35.6 Å². The molecule has 21 heavy (non-hydrogen) atoms. The standard InChI is InChI=1S/C17H24N4/c1-13(2)11-21(12-15-7-5-9-18-15)17-19-10-14-6-3-4-8-16(14)20-17/h3-4,6,8,10,13,15,18H,5,7,9,11-12H2,1-2H3. The van der Waals surface area contributed by atoms with E-state index < -0.39 is 0 Å². The van der Waals surface area contributed by atoms with Gasteiger partial charge in [0, 0.05) is 30.7 Å². The van der Waals surface area contributed by atoms with Crippen molar-refractivity contribution in [2.75, 3.05) is 24.5 Å². The van der Waals surface area contributed by atoms with Gasteiger partial charge in [-0.3, -0.25) is 0 Å². The van der Waals surface area contributed by atoms with Crippen LogP contribution in [0.2, 0.25) is 0 Å².